The zero-order chi connectivity index (χ0) is 70.3. The number of hydrogen-bond donors (Lipinski definition) is 4. The van der Waals surface area contributed by atoms with Crippen LogP contribution in [0.1, 0.15) is 294 Å². The largest absolute Gasteiger partial charge is 0.481 e. The molecule has 18 nitrogen and oxygen atoms in total. The molecule has 0 radical (unpaired) electrons. The van der Waals surface area contributed by atoms with Crippen molar-refractivity contribution in [1.29, 1.82) is 0 Å². The highest BCUT2D eigenvalue weighted by molar-refractivity contribution is 6.07. The van der Waals surface area contributed by atoms with Gasteiger partial charge in [0.2, 0.25) is 23.6 Å². The molecule has 4 amide bonds. The van der Waals surface area contributed by atoms with Crippen LogP contribution in [-0.4, -0.2) is 158 Å². The van der Waals surface area contributed by atoms with E-state index in [0.29, 0.717) is 25.8 Å². The molecule has 3 rings (SSSR count). The van der Waals surface area contributed by atoms with E-state index in [1.165, 1.54) is 119 Å². The van der Waals surface area contributed by atoms with E-state index >= 15 is 0 Å². The van der Waals surface area contributed by atoms with E-state index in [-0.39, 0.29) is 120 Å². The molecule has 6 N–H and O–H groups in total. The number of ether oxygens (including phenoxy) is 2. The number of carboxylic acids is 1. The monoisotopic (exact) mass is 1340 g/mol. The summed E-state index contributed by atoms with van der Waals surface area (Å²) >= 11 is 0. The summed E-state index contributed by atoms with van der Waals surface area (Å²) in [5, 5.41) is 17.9. The van der Waals surface area contributed by atoms with Crippen molar-refractivity contribution in [3.63, 3.8) is 0 Å². The molecule has 3 aliphatic heterocycles. The first kappa shape index (κ1) is 98.8. The van der Waals surface area contributed by atoms with Gasteiger partial charge in [0.15, 0.2) is 0 Å². The predicted molar refractivity (Wildman–Crippen MR) is 389 cm³/mol. The summed E-state index contributed by atoms with van der Waals surface area (Å²) in [6.07, 6.45) is 27.5. The Hall–Kier alpha value is -3.84. The van der Waals surface area contributed by atoms with Gasteiger partial charge < -0.3 is 41.0 Å². The topological polar surface area (TPSA) is 260 Å². The Labute approximate surface area is 577 Å². The number of esters is 3. The molecular formula is C76H152N6O12. The number of cyclic esters (lactones) is 2. The zero-order valence-electron chi connectivity index (χ0n) is 61.9. The Bertz CT molecular complexity index is 2060. The average molecular weight is 1340 g/mol. The maximum absolute atomic E-state index is 14.5. The Kier molecular flexibility index (Phi) is 54.9. The van der Waals surface area contributed by atoms with Gasteiger partial charge in [0.1, 0.15) is 0 Å². The van der Waals surface area contributed by atoms with Crippen LogP contribution in [0, 0.1) is 69.0 Å². The maximum atomic E-state index is 14.5. The van der Waals surface area contributed by atoms with Crippen LogP contribution in [0.3, 0.4) is 0 Å². The highest BCUT2D eigenvalue weighted by Crippen LogP contribution is 2.53. The Morgan fingerprint density at radius 3 is 1.22 bits per heavy atom. The van der Waals surface area contributed by atoms with E-state index in [9.17, 15) is 43.5 Å². The number of unbranched alkanes of at least 4 members (excludes halogenated alkanes) is 18. The minimum Gasteiger partial charge on any atom is -0.481 e. The normalized spacial score (nSPS) is 19.5. The van der Waals surface area contributed by atoms with E-state index in [2.05, 4.69) is 79.1 Å². The first-order valence-electron chi connectivity index (χ1n) is 35.6. The number of nitrogens with zero attached hydrogens (tertiary/aromatic N) is 4. The summed E-state index contributed by atoms with van der Waals surface area (Å²) < 4.78 is 9.73. The second-order valence-electron chi connectivity index (χ2n) is 30.6. The molecule has 8 unspecified atom stereocenters. The molecular weight excluding hydrogens is 1190 g/mol. The highest BCUT2D eigenvalue weighted by atomic mass is 16.6. The lowest BCUT2D eigenvalue weighted by Gasteiger charge is -2.40. The van der Waals surface area contributed by atoms with Crippen molar-refractivity contribution in [2.24, 2.45) is 80.5 Å². The van der Waals surface area contributed by atoms with Gasteiger partial charge in [-0.1, -0.05) is 235 Å². The SMILES string of the molecule is C.C.C.CC1C(=O)OC(=O)C1CC(C)(C)C.CCCCCCCCCCCCN.CCCCCCCCCCCCN1C(=O)C(CC(C)(C)C2C(=O)N(CCN(C)C)C(=O)C2CC(C)(C)C)C(C(C)(C)CC(C(=O)O)C(C)C(=O)OCC)C1=O.CCO.CN(C)CCCN. The van der Waals surface area contributed by atoms with E-state index in [1.807, 2.05) is 46.7 Å². The number of likely N-dealkylation sites (tertiary alicyclic amines) is 2. The molecule has 18 heteroatoms. The van der Waals surface area contributed by atoms with E-state index in [4.69, 9.17) is 21.3 Å². The van der Waals surface area contributed by atoms with Crippen LogP contribution >= 0.6 is 0 Å². The van der Waals surface area contributed by atoms with Crippen molar-refractivity contribution in [2.75, 3.05) is 80.7 Å². The van der Waals surface area contributed by atoms with Crippen molar-refractivity contribution in [3.05, 3.63) is 0 Å². The number of nitrogens with two attached hydrogens (primary N) is 2. The predicted octanol–water partition coefficient (Wildman–Crippen LogP) is 15.3. The van der Waals surface area contributed by atoms with Crippen molar-refractivity contribution in [2.45, 2.75) is 294 Å². The summed E-state index contributed by atoms with van der Waals surface area (Å²) in [7, 11) is 7.90. The number of aliphatic carboxylic acids is 1. The van der Waals surface area contributed by atoms with Gasteiger partial charge in [0.25, 0.3) is 0 Å². The lowest BCUT2D eigenvalue weighted by molar-refractivity contribution is -0.158. The number of aliphatic hydroxyl groups excluding tert-OH is 1. The molecule has 3 saturated heterocycles. The van der Waals surface area contributed by atoms with E-state index in [0.717, 1.165) is 45.3 Å². The number of carboxylic acid groups (broad SMARTS) is 1. The summed E-state index contributed by atoms with van der Waals surface area (Å²) in [5.41, 5.74) is 8.61. The molecule has 0 aromatic rings. The van der Waals surface area contributed by atoms with Gasteiger partial charge in [0, 0.05) is 26.2 Å². The standard InChI is InChI=1S/C44H77N3O8.C12H27N.C10H16O3.C5H14N2.C2H6O.3CH4/c1-13-15-16-17-18-19-20-21-22-23-24-46-37(49)33(35(38(46)50)43(7,8)28-31(40(52)53)30(3)41(54)55-14-2)29-44(9,10)34-32(27-42(4,5)6)36(48)47(39(34)51)26-25-45(11)12;1-2-3-4-5-6-7-8-9-10-11-12-13;1-6-7(5-10(2,3)4)9(12)13-8(6)11;1-7(2)5-3-4-6;1-2-3;;;/h30-35H,13-29H2,1-12H3,(H,52,53);2-13H2,1H3;6-7H,5H2,1-4H3;3-6H2,1-2H3;3H,2H2,1H3;3*1H4. The Balaban J connectivity index is -0.000000545. The van der Waals surface area contributed by atoms with Gasteiger partial charge in [-0.2, -0.15) is 0 Å². The van der Waals surface area contributed by atoms with Gasteiger partial charge >= 0.3 is 23.9 Å². The van der Waals surface area contributed by atoms with Gasteiger partial charge in [-0.15, -0.1) is 0 Å². The number of aliphatic hydroxyl groups is 1. The highest BCUT2D eigenvalue weighted by Gasteiger charge is 2.60. The number of amides is 4. The summed E-state index contributed by atoms with van der Waals surface area (Å²) in [4.78, 5) is 112. The number of carbonyl (C=O) groups excluding carboxylic acids is 7. The second kappa shape index (κ2) is 52.3. The van der Waals surface area contributed by atoms with E-state index < -0.39 is 58.3 Å². The number of rotatable bonds is 39. The van der Waals surface area contributed by atoms with Gasteiger partial charge in [-0.3, -0.25) is 48.2 Å². The molecule has 94 heavy (non-hydrogen) atoms. The van der Waals surface area contributed by atoms with Crippen LogP contribution in [0.25, 0.3) is 0 Å². The number of likely N-dealkylation sites (N-methyl/N-ethyl adjacent to an activating group) is 1. The molecule has 0 saturated carbocycles. The third-order valence-electron chi connectivity index (χ3n) is 17.8. The second-order valence-corrected chi connectivity index (χ2v) is 30.6. The smallest absolute Gasteiger partial charge is 0.317 e. The molecule has 0 aromatic carbocycles. The molecule has 3 heterocycles. The fourth-order valence-corrected chi connectivity index (χ4v) is 12.8. The minimum atomic E-state index is -1.16. The van der Waals surface area contributed by atoms with Gasteiger partial charge in [0.05, 0.1) is 54.0 Å². The Morgan fingerprint density at radius 2 is 0.883 bits per heavy atom. The van der Waals surface area contributed by atoms with Crippen LogP contribution in [0.15, 0.2) is 0 Å². The summed E-state index contributed by atoms with van der Waals surface area (Å²) in [5.74, 6) is -9.17. The lowest BCUT2D eigenvalue weighted by Crippen LogP contribution is -2.43. The summed E-state index contributed by atoms with van der Waals surface area (Å²) in [6, 6.07) is 0. The fourth-order valence-electron chi connectivity index (χ4n) is 12.8. The van der Waals surface area contributed by atoms with Crippen molar-refractivity contribution in [1.82, 2.24) is 19.6 Å². The van der Waals surface area contributed by atoms with Crippen LogP contribution < -0.4 is 11.5 Å². The quantitative estimate of drug-likeness (QED) is 0.0193. The molecule has 0 spiro atoms. The zero-order valence-corrected chi connectivity index (χ0v) is 61.9. The first-order chi connectivity index (χ1) is 42.4. The molecule has 8 atom stereocenters. The first-order valence-corrected chi connectivity index (χ1v) is 35.6. The summed E-state index contributed by atoms with van der Waals surface area (Å²) in [6.45, 7) is 35.2. The molecule has 3 aliphatic rings. The van der Waals surface area contributed by atoms with Crippen molar-refractivity contribution < 1.29 is 58.0 Å². The average Bonchev–Trinajstić information content (AvgIpc) is 1.58. The lowest BCUT2D eigenvalue weighted by atomic mass is 9.61. The van der Waals surface area contributed by atoms with Crippen LogP contribution in [0.2, 0.25) is 0 Å². The van der Waals surface area contributed by atoms with E-state index in [1.54, 1.807) is 20.8 Å². The molecule has 558 valence electrons. The third-order valence-corrected chi connectivity index (χ3v) is 17.8. The molecule has 0 aliphatic carbocycles. The molecule has 0 bridgehead atoms. The maximum Gasteiger partial charge on any atom is 0.317 e. The van der Waals surface area contributed by atoms with Crippen molar-refractivity contribution >= 4 is 47.5 Å². The van der Waals surface area contributed by atoms with Gasteiger partial charge in [-0.05, 0) is 128 Å². The molecule has 3 fully saturated rings. The van der Waals surface area contributed by atoms with Crippen LogP contribution in [-0.2, 0) is 47.8 Å². The van der Waals surface area contributed by atoms with Gasteiger partial charge in [-0.25, -0.2) is 0 Å². The minimum absolute atomic E-state index is 0. The Morgan fingerprint density at radius 1 is 0.521 bits per heavy atom. The number of hydrogen-bond acceptors (Lipinski definition) is 15. The third kappa shape index (κ3) is 39.5. The van der Waals surface area contributed by atoms with Crippen LogP contribution in [0.5, 0.6) is 0 Å². The van der Waals surface area contributed by atoms with Crippen LogP contribution in [0.4, 0.5) is 0 Å². The number of carbonyl (C=O) groups is 8. The van der Waals surface area contributed by atoms with Crippen molar-refractivity contribution in [3.8, 4) is 0 Å². The fraction of sp³-hybridized carbons (Fsp3) is 0.895. The number of imide groups is 2. The molecule has 0 aromatic heterocycles.